The van der Waals surface area contributed by atoms with Gasteiger partial charge >= 0.3 is 0 Å². The summed E-state index contributed by atoms with van der Waals surface area (Å²) < 4.78 is 29.4. The molecule has 0 aromatic heterocycles. The van der Waals surface area contributed by atoms with E-state index in [9.17, 15) is 13.2 Å². The van der Waals surface area contributed by atoms with Gasteiger partial charge in [-0.2, -0.15) is 0 Å². The molecule has 2 aromatic carbocycles. The first-order valence-corrected chi connectivity index (χ1v) is 8.90. The van der Waals surface area contributed by atoms with Crippen LogP contribution in [0, 0.1) is 13.8 Å². The zero-order valence-corrected chi connectivity index (χ0v) is 14.7. The number of hydrazine groups is 1. The maximum atomic E-state index is 12.0. The van der Waals surface area contributed by atoms with Crippen LogP contribution in [-0.2, 0) is 14.8 Å². The number of carbonyl (C=O) groups is 1. The molecular formula is C16H17ClN2O4S. The van der Waals surface area contributed by atoms with Crippen molar-refractivity contribution in [3.63, 3.8) is 0 Å². The molecule has 0 unspecified atom stereocenters. The summed E-state index contributed by atoms with van der Waals surface area (Å²) in [7, 11) is -3.90. The molecular weight excluding hydrogens is 352 g/mol. The largest absolute Gasteiger partial charge is 0.484 e. The highest BCUT2D eigenvalue weighted by Crippen LogP contribution is 2.16. The Labute approximate surface area is 145 Å². The highest BCUT2D eigenvalue weighted by atomic mass is 35.5. The Morgan fingerprint density at radius 1 is 1.12 bits per heavy atom. The van der Waals surface area contributed by atoms with Crippen LogP contribution < -0.4 is 15.0 Å². The number of amides is 1. The fourth-order valence-corrected chi connectivity index (χ4v) is 3.18. The molecule has 0 saturated heterocycles. The highest BCUT2D eigenvalue weighted by molar-refractivity contribution is 7.89. The Morgan fingerprint density at radius 2 is 1.79 bits per heavy atom. The van der Waals surface area contributed by atoms with Crippen molar-refractivity contribution in [2.24, 2.45) is 0 Å². The molecule has 0 aliphatic carbocycles. The Hall–Kier alpha value is -2.09. The van der Waals surface area contributed by atoms with Crippen molar-refractivity contribution >= 4 is 27.5 Å². The third kappa shape index (κ3) is 5.23. The fourth-order valence-electron chi connectivity index (χ4n) is 2.02. The van der Waals surface area contributed by atoms with Gasteiger partial charge in [-0.1, -0.05) is 23.7 Å². The van der Waals surface area contributed by atoms with Crippen molar-refractivity contribution in [1.29, 1.82) is 0 Å². The monoisotopic (exact) mass is 368 g/mol. The standard InChI is InChI=1S/C16H17ClN2O4S/c1-11-6-12(2)8-14(7-11)23-10-16(20)18-19-24(21,22)15-5-3-4-13(17)9-15/h3-9,19H,10H2,1-2H3,(H,18,20). The SMILES string of the molecule is Cc1cc(C)cc(OCC(=O)NNS(=O)(=O)c2cccc(Cl)c2)c1. The molecule has 0 heterocycles. The van der Waals surface area contributed by atoms with Gasteiger partial charge in [-0.25, -0.2) is 8.42 Å². The Morgan fingerprint density at radius 3 is 2.42 bits per heavy atom. The van der Waals surface area contributed by atoms with Gasteiger partial charge < -0.3 is 4.74 Å². The van der Waals surface area contributed by atoms with Crippen LogP contribution >= 0.6 is 11.6 Å². The molecule has 8 heteroatoms. The van der Waals surface area contributed by atoms with E-state index in [2.05, 4.69) is 5.43 Å². The van der Waals surface area contributed by atoms with E-state index in [0.29, 0.717) is 5.75 Å². The number of carbonyl (C=O) groups excluding carboxylic acids is 1. The molecule has 0 aliphatic heterocycles. The van der Waals surface area contributed by atoms with Gasteiger partial charge in [0.05, 0.1) is 4.90 Å². The van der Waals surface area contributed by atoms with Gasteiger partial charge in [0.1, 0.15) is 5.75 Å². The van der Waals surface area contributed by atoms with Gasteiger partial charge in [0.2, 0.25) is 0 Å². The van der Waals surface area contributed by atoms with E-state index in [1.807, 2.05) is 24.7 Å². The molecule has 1 amide bonds. The maximum absolute atomic E-state index is 12.0. The average molecular weight is 369 g/mol. The summed E-state index contributed by atoms with van der Waals surface area (Å²) >= 11 is 5.76. The zero-order chi connectivity index (χ0) is 17.7. The van der Waals surface area contributed by atoms with Gasteiger partial charge in [0.15, 0.2) is 6.61 Å². The third-order valence-corrected chi connectivity index (χ3v) is 4.48. The first-order valence-electron chi connectivity index (χ1n) is 7.03. The number of aryl methyl sites for hydroxylation is 2. The fraction of sp³-hybridized carbons (Fsp3) is 0.188. The molecule has 6 nitrogen and oxygen atoms in total. The van der Waals surface area contributed by atoms with Gasteiger partial charge in [-0.05, 0) is 55.3 Å². The van der Waals surface area contributed by atoms with Crippen molar-refractivity contribution in [3.8, 4) is 5.75 Å². The smallest absolute Gasteiger partial charge is 0.272 e. The topological polar surface area (TPSA) is 84.5 Å². The van der Waals surface area contributed by atoms with Gasteiger partial charge in [-0.3, -0.25) is 10.2 Å². The van der Waals surface area contributed by atoms with Crippen molar-refractivity contribution in [3.05, 3.63) is 58.6 Å². The second-order valence-electron chi connectivity index (χ2n) is 5.22. The zero-order valence-electron chi connectivity index (χ0n) is 13.2. The lowest BCUT2D eigenvalue weighted by Crippen LogP contribution is -2.43. The second kappa shape index (κ2) is 7.65. The molecule has 0 aliphatic rings. The molecule has 24 heavy (non-hydrogen) atoms. The van der Waals surface area contributed by atoms with Crippen LogP contribution in [0.1, 0.15) is 11.1 Å². The first kappa shape index (κ1) is 18.3. The molecule has 0 saturated carbocycles. The summed E-state index contributed by atoms with van der Waals surface area (Å²) in [6.07, 6.45) is 0. The Kier molecular flexibility index (Phi) is 5.82. The molecule has 2 rings (SSSR count). The Bertz CT molecular complexity index is 833. The summed E-state index contributed by atoms with van der Waals surface area (Å²) in [5.41, 5.74) is 4.11. The number of rotatable bonds is 6. The predicted octanol–water partition coefficient (Wildman–Crippen LogP) is 2.35. The number of benzene rings is 2. The van der Waals surface area contributed by atoms with Gasteiger partial charge in [0.25, 0.3) is 15.9 Å². The molecule has 2 aromatic rings. The number of sulfonamides is 1. The van der Waals surface area contributed by atoms with E-state index < -0.39 is 15.9 Å². The molecule has 2 N–H and O–H groups in total. The van der Waals surface area contributed by atoms with Gasteiger partial charge in [0, 0.05) is 5.02 Å². The van der Waals surface area contributed by atoms with Crippen LogP contribution in [-0.4, -0.2) is 20.9 Å². The van der Waals surface area contributed by atoms with Gasteiger partial charge in [-0.15, -0.1) is 4.83 Å². The number of ether oxygens (including phenoxy) is 1. The summed E-state index contributed by atoms with van der Waals surface area (Å²) in [4.78, 5) is 13.7. The quantitative estimate of drug-likeness (QED) is 0.766. The lowest BCUT2D eigenvalue weighted by Gasteiger charge is -2.10. The van der Waals surface area contributed by atoms with E-state index in [4.69, 9.17) is 16.3 Å². The van der Waals surface area contributed by atoms with Crippen LogP contribution in [0.2, 0.25) is 5.02 Å². The summed E-state index contributed by atoms with van der Waals surface area (Å²) in [5.74, 6) is -0.0832. The minimum Gasteiger partial charge on any atom is -0.484 e. The van der Waals surface area contributed by atoms with Crippen molar-refractivity contribution in [2.75, 3.05) is 6.61 Å². The normalized spacial score (nSPS) is 11.1. The lowest BCUT2D eigenvalue weighted by atomic mass is 10.1. The van der Waals surface area contributed by atoms with E-state index in [1.54, 1.807) is 18.2 Å². The third-order valence-electron chi connectivity index (χ3n) is 3.00. The minimum atomic E-state index is -3.90. The van der Waals surface area contributed by atoms with Crippen LogP contribution in [0.25, 0.3) is 0 Å². The number of hydrogen-bond acceptors (Lipinski definition) is 4. The molecule has 0 spiro atoms. The predicted molar refractivity (Wildman–Crippen MR) is 91.3 cm³/mol. The number of nitrogens with one attached hydrogen (secondary N) is 2. The van der Waals surface area contributed by atoms with Crippen LogP contribution in [0.5, 0.6) is 5.75 Å². The maximum Gasteiger partial charge on any atom is 0.272 e. The molecule has 0 radical (unpaired) electrons. The Balaban J connectivity index is 1.91. The average Bonchev–Trinajstić information content (AvgIpc) is 2.50. The molecule has 128 valence electrons. The molecule has 0 fully saturated rings. The van der Waals surface area contributed by atoms with Crippen LogP contribution in [0.4, 0.5) is 0 Å². The van der Waals surface area contributed by atoms with Crippen molar-refractivity contribution < 1.29 is 17.9 Å². The number of hydrogen-bond donors (Lipinski definition) is 2. The summed E-state index contributed by atoms with van der Waals surface area (Å²) in [6, 6.07) is 11.3. The molecule has 0 atom stereocenters. The summed E-state index contributed by atoms with van der Waals surface area (Å²) in [5, 5.41) is 0.280. The van der Waals surface area contributed by atoms with Crippen LogP contribution in [0.15, 0.2) is 47.4 Å². The second-order valence-corrected chi connectivity index (χ2v) is 7.34. The summed E-state index contributed by atoms with van der Waals surface area (Å²) in [6.45, 7) is 3.51. The molecule has 0 bridgehead atoms. The van der Waals surface area contributed by atoms with Crippen molar-refractivity contribution in [1.82, 2.24) is 10.3 Å². The minimum absolute atomic E-state index is 0.0504. The van der Waals surface area contributed by atoms with E-state index in [-0.39, 0.29) is 16.5 Å². The van der Waals surface area contributed by atoms with E-state index in [0.717, 1.165) is 11.1 Å². The van der Waals surface area contributed by atoms with Crippen molar-refractivity contribution in [2.45, 2.75) is 18.7 Å². The highest BCUT2D eigenvalue weighted by Gasteiger charge is 2.15. The van der Waals surface area contributed by atoms with Crippen LogP contribution in [0.3, 0.4) is 0 Å². The van der Waals surface area contributed by atoms with E-state index >= 15 is 0 Å². The lowest BCUT2D eigenvalue weighted by molar-refractivity contribution is -0.123. The first-order chi connectivity index (χ1) is 11.3. The van der Waals surface area contributed by atoms with E-state index in [1.165, 1.54) is 18.2 Å². The number of halogens is 1.